The molecule has 1 N–H and O–H groups in total. The van der Waals surface area contributed by atoms with Gasteiger partial charge in [-0.05, 0) is 74.1 Å². The summed E-state index contributed by atoms with van der Waals surface area (Å²) in [6.07, 6.45) is 2.58. The second kappa shape index (κ2) is 7.38. The number of rotatable bonds is 2. The van der Waals surface area contributed by atoms with Gasteiger partial charge in [0.1, 0.15) is 5.57 Å². The van der Waals surface area contributed by atoms with Crippen molar-refractivity contribution in [3.8, 4) is 0 Å². The second-order valence-electron chi connectivity index (χ2n) is 9.04. The minimum atomic E-state index is -0.732. The van der Waals surface area contributed by atoms with Gasteiger partial charge in [0.15, 0.2) is 0 Å². The number of carbonyl (C=O) groups excluding carboxylic acids is 3. The van der Waals surface area contributed by atoms with Crippen molar-refractivity contribution in [3.05, 3.63) is 64.7 Å². The molecule has 1 fully saturated rings. The van der Waals surface area contributed by atoms with Crippen LogP contribution < -0.4 is 15.1 Å². The van der Waals surface area contributed by atoms with Crippen LogP contribution in [0.15, 0.2) is 48.0 Å². The first-order valence-electron chi connectivity index (χ1n) is 10.4. The minimum absolute atomic E-state index is 0.0556. The van der Waals surface area contributed by atoms with Crippen molar-refractivity contribution in [1.29, 1.82) is 0 Å². The quantitative estimate of drug-likeness (QED) is 0.581. The Kier molecular flexibility index (Phi) is 4.96. The van der Waals surface area contributed by atoms with E-state index in [4.69, 9.17) is 0 Å². The lowest BCUT2D eigenvalue weighted by molar-refractivity contribution is -0.122. The molecule has 31 heavy (non-hydrogen) atoms. The number of nitrogens with zero attached hydrogens (tertiary/aromatic N) is 2. The summed E-state index contributed by atoms with van der Waals surface area (Å²) in [6, 6.07) is 12.3. The SMILES string of the molecule is Cc1ccccc1N1C(=O)NC(=O)/C(=C\c2ccc3c(c2)[C@H](C)CC(C)(C)N3C)C1=O. The number of imide groups is 2. The number of urea groups is 1. The highest BCUT2D eigenvalue weighted by molar-refractivity contribution is 6.39. The fourth-order valence-corrected chi connectivity index (χ4v) is 4.54. The smallest absolute Gasteiger partial charge is 0.335 e. The van der Waals surface area contributed by atoms with E-state index in [9.17, 15) is 14.4 Å². The number of hydrogen-bond acceptors (Lipinski definition) is 4. The third-order valence-electron chi connectivity index (χ3n) is 6.43. The zero-order valence-electron chi connectivity index (χ0n) is 18.5. The molecule has 0 aliphatic carbocycles. The Labute approximate surface area is 182 Å². The highest BCUT2D eigenvalue weighted by Crippen LogP contribution is 2.42. The molecule has 6 nitrogen and oxygen atoms in total. The molecule has 2 heterocycles. The van der Waals surface area contributed by atoms with E-state index in [-0.39, 0.29) is 11.1 Å². The Morgan fingerprint density at radius 3 is 2.48 bits per heavy atom. The van der Waals surface area contributed by atoms with Gasteiger partial charge in [0.2, 0.25) is 0 Å². The highest BCUT2D eigenvalue weighted by atomic mass is 16.2. The van der Waals surface area contributed by atoms with E-state index in [1.54, 1.807) is 18.2 Å². The van der Waals surface area contributed by atoms with Crippen LogP contribution in [0.1, 0.15) is 49.8 Å². The third-order valence-corrected chi connectivity index (χ3v) is 6.43. The third kappa shape index (κ3) is 3.52. The maximum absolute atomic E-state index is 13.2. The number of benzene rings is 2. The topological polar surface area (TPSA) is 69.7 Å². The van der Waals surface area contributed by atoms with Gasteiger partial charge in [-0.3, -0.25) is 14.9 Å². The van der Waals surface area contributed by atoms with Crippen molar-refractivity contribution in [2.45, 2.75) is 45.6 Å². The molecule has 0 aromatic heterocycles. The number of carbonyl (C=O) groups is 3. The summed E-state index contributed by atoms with van der Waals surface area (Å²) in [7, 11) is 2.09. The fraction of sp³-hybridized carbons (Fsp3) is 0.320. The van der Waals surface area contributed by atoms with Crippen LogP contribution in [0.3, 0.4) is 0 Å². The first-order chi connectivity index (χ1) is 14.6. The van der Waals surface area contributed by atoms with Gasteiger partial charge in [-0.1, -0.05) is 31.2 Å². The molecule has 0 spiro atoms. The lowest BCUT2D eigenvalue weighted by Gasteiger charge is -2.45. The van der Waals surface area contributed by atoms with Gasteiger partial charge in [0.25, 0.3) is 11.8 Å². The summed E-state index contributed by atoms with van der Waals surface area (Å²) in [4.78, 5) is 41.4. The van der Waals surface area contributed by atoms with Crippen LogP contribution in [-0.4, -0.2) is 30.4 Å². The Morgan fingerprint density at radius 1 is 1.06 bits per heavy atom. The molecule has 0 unspecified atom stereocenters. The monoisotopic (exact) mass is 417 g/mol. The molecule has 1 saturated heterocycles. The van der Waals surface area contributed by atoms with Gasteiger partial charge < -0.3 is 4.90 Å². The first kappa shape index (κ1) is 20.8. The zero-order chi connectivity index (χ0) is 22.5. The maximum Gasteiger partial charge on any atom is 0.335 e. The van der Waals surface area contributed by atoms with Gasteiger partial charge in [-0.25, -0.2) is 9.69 Å². The molecule has 2 aliphatic heterocycles. The average molecular weight is 418 g/mol. The maximum atomic E-state index is 13.2. The van der Waals surface area contributed by atoms with Gasteiger partial charge in [0.05, 0.1) is 5.69 Å². The number of nitrogens with one attached hydrogen (secondary N) is 1. The number of anilines is 2. The largest absolute Gasteiger partial charge is 0.369 e. The average Bonchev–Trinajstić information content (AvgIpc) is 2.70. The molecule has 160 valence electrons. The van der Waals surface area contributed by atoms with Crippen LogP contribution in [0, 0.1) is 6.92 Å². The first-order valence-corrected chi connectivity index (χ1v) is 10.4. The molecule has 4 amide bonds. The summed E-state index contributed by atoms with van der Waals surface area (Å²) in [6.45, 7) is 8.47. The molecule has 2 aromatic carbocycles. The Morgan fingerprint density at radius 2 is 1.77 bits per heavy atom. The van der Waals surface area contributed by atoms with E-state index in [1.807, 2.05) is 37.3 Å². The number of fused-ring (bicyclic) bond motifs is 1. The molecule has 0 radical (unpaired) electrons. The van der Waals surface area contributed by atoms with E-state index in [1.165, 1.54) is 5.56 Å². The number of aryl methyl sites for hydroxylation is 1. The van der Waals surface area contributed by atoms with Gasteiger partial charge in [0, 0.05) is 18.3 Å². The highest BCUT2D eigenvalue weighted by Gasteiger charge is 2.38. The van der Waals surface area contributed by atoms with Crippen LogP contribution >= 0.6 is 0 Å². The normalized spacial score (nSPS) is 21.9. The Balaban J connectivity index is 1.74. The van der Waals surface area contributed by atoms with E-state index in [2.05, 4.69) is 38.0 Å². The van der Waals surface area contributed by atoms with Gasteiger partial charge in [-0.15, -0.1) is 0 Å². The summed E-state index contributed by atoms with van der Waals surface area (Å²) in [5, 5.41) is 2.30. The summed E-state index contributed by atoms with van der Waals surface area (Å²) in [5.74, 6) is -0.948. The van der Waals surface area contributed by atoms with Crippen molar-refractivity contribution < 1.29 is 14.4 Å². The van der Waals surface area contributed by atoms with Crippen molar-refractivity contribution >= 4 is 35.3 Å². The van der Waals surface area contributed by atoms with E-state index in [0.717, 1.165) is 28.1 Å². The predicted molar refractivity (Wildman–Crippen MR) is 122 cm³/mol. The molecule has 4 rings (SSSR count). The molecule has 1 atom stereocenters. The van der Waals surface area contributed by atoms with Crippen molar-refractivity contribution in [3.63, 3.8) is 0 Å². The van der Waals surface area contributed by atoms with Crippen LogP contribution in [0.5, 0.6) is 0 Å². The minimum Gasteiger partial charge on any atom is -0.369 e. The number of para-hydroxylation sites is 1. The van der Waals surface area contributed by atoms with Gasteiger partial charge >= 0.3 is 6.03 Å². The van der Waals surface area contributed by atoms with Crippen LogP contribution in [-0.2, 0) is 9.59 Å². The lowest BCUT2D eigenvalue weighted by atomic mass is 9.80. The van der Waals surface area contributed by atoms with E-state index < -0.39 is 17.8 Å². The molecule has 2 aliphatic rings. The number of barbiturate groups is 1. The molecule has 0 saturated carbocycles. The van der Waals surface area contributed by atoms with Crippen molar-refractivity contribution in [2.24, 2.45) is 0 Å². The van der Waals surface area contributed by atoms with Gasteiger partial charge in [-0.2, -0.15) is 0 Å². The molecule has 6 heteroatoms. The second-order valence-corrected chi connectivity index (χ2v) is 9.04. The summed E-state index contributed by atoms with van der Waals surface area (Å²) < 4.78 is 0. The number of amides is 4. The molecule has 0 bridgehead atoms. The Bertz CT molecular complexity index is 1130. The number of hydrogen-bond donors (Lipinski definition) is 1. The standard InChI is InChI=1S/C25H27N3O3/c1-15-8-6-7-9-20(15)28-23(30)19(22(29)26-24(28)31)13-17-10-11-21-18(12-17)16(2)14-25(3,4)27(21)5/h6-13,16H,14H2,1-5H3,(H,26,29,31)/b19-13+/t16-/m1/s1. The molecular formula is C25H27N3O3. The summed E-state index contributed by atoms with van der Waals surface area (Å²) in [5.41, 5.74) is 4.34. The Hall–Kier alpha value is -3.41. The predicted octanol–water partition coefficient (Wildman–Crippen LogP) is 4.38. The van der Waals surface area contributed by atoms with Crippen LogP contribution in [0.2, 0.25) is 0 Å². The van der Waals surface area contributed by atoms with E-state index in [0.29, 0.717) is 11.6 Å². The van der Waals surface area contributed by atoms with Crippen LogP contribution in [0.4, 0.5) is 16.2 Å². The lowest BCUT2D eigenvalue weighted by Crippen LogP contribution is -2.54. The van der Waals surface area contributed by atoms with E-state index >= 15 is 0 Å². The summed E-state index contributed by atoms with van der Waals surface area (Å²) >= 11 is 0. The van der Waals surface area contributed by atoms with Crippen molar-refractivity contribution in [1.82, 2.24) is 5.32 Å². The zero-order valence-corrected chi connectivity index (χ0v) is 18.5. The fourth-order valence-electron chi connectivity index (χ4n) is 4.54. The van der Waals surface area contributed by atoms with Crippen molar-refractivity contribution in [2.75, 3.05) is 16.8 Å². The van der Waals surface area contributed by atoms with Crippen LogP contribution in [0.25, 0.3) is 6.08 Å². The molecule has 2 aromatic rings. The molecular weight excluding hydrogens is 390 g/mol.